The van der Waals surface area contributed by atoms with Crippen molar-refractivity contribution in [2.45, 2.75) is 45.3 Å². The predicted molar refractivity (Wildman–Crippen MR) is 80.7 cm³/mol. The number of benzene rings is 1. The Balaban J connectivity index is 1.91. The van der Waals surface area contributed by atoms with Crippen molar-refractivity contribution in [2.24, 2.45) is 5.92 Å². The number of urea groups is 1. The summed E-state index contributed by atoms with van der Waals surface area (Å²) in [6.45, 7) is 2.75. The maximum Gasteiger partial charge on any atom is 0.319 e. The lowest BCUT2D eigenvalue weighted by atomic mass is 9.87. The second-order valence-electron chi connectivity index (χ2n) is 5.66. The number of hydrogen-bond donors (Lipinski definition) is 2. The number of para-hydroxylation sites is 1. The van der Waals surface area contributed by atoms with Crippen molar-refractivity contribution in [2.75, 3.05) is 12.4 Å². The highest BCUT2D eigenvalue weighted by Crippen LogP contribution is 2.23. The molecule has 2 amide bonds. The van der Waals surface area contributed by atoms with Crippen LogP contribution in [0.2, 0.25) is 0 Å². The third-order valence-electron chi connectivity index (χ3n) is 3.84. The van der Waals surface area contributed by atoms with E-state index in [9.17, 15) is 4.79 Å². The molecule has 0 heterocycles. The Morgan fingerprint density at radius 3 is 2.90 bits per heavy atom. The SMILES string of the molecule is COCc1ccccc1NC(=O)N[C@H]1CCC[C@H](C)C1. The minimum atomic E-state index is -0.118. The fourth-order valence-electron chi connectivity index (χ4n) is 2.83. The van der Waals surface area contributed by atoms with Crippen molar-refractivity contribution in [1.29, 1.82) is 0 Å². The zero-order valence-corrected chi connectivity index (χ0v) is 12.3. The molecular weight excluding hydrogens is 252 g/mol. The first-order chi connectivity index (χ1) is 9.69. The number of rotatable bonds is 4. The van der Waals surface area contributed by atoms with Crippen LogP contribution < -0.4 is 10.6 Å². The Hall–Kier alpha value is -1.55. The number of methoxy groups -OCH3 is 1. The molecule has 2 rings (SSSR count). The summed E-state index contributed by atoms with van der Waals surface area (Å²) in [7, 11) is 1.65. The normalized spacial score (nSPS) is 22.3. The molecule has 0 unspecified atom stereocenters. The van der Waals surface area contributed by atoms with Gasteiger partial charge in [0.25, 0.3) is 0 Å². The van der Waals surface area contributed by atoms with Crippen LogP contribution in [0.15, 0.2) is 24.3 Å². The average Bonchev–Trinajstić information content (AvgIpc) is 2.41. The van der Waals surface area contributed by atoms with Gasteiger partial charge in [-0.25, -0.2) is 4.79 Å². The van der Waals surface area contributed by atoms with E-state index in [0.29, 0.717) is 18.6 Å². The highest BCUT2D eigenvalue weighted by molar-refractivity contribution is 5.90. The molecule has 1 aromatic carbocycles. The van der Waals surface area contributed by atoms with Gasteiger partial charge in [-0.2, -0.15) is 0 Å². The van der Waals surface area contributed by atoms with Crippen molar-refractivity contribution in [3.63, 3.8) is 0 Å². The van der Waals surface area contributed by atoms with E-state index in [1.807, 2.05) is 24.3 Å². The summed E-state index contributed by atoms with van der Waals surface area (Å²) in [5, 5.41) is 6.00. The molecule has 0 aromatic heterocycles. The molecule has 4 nitrogen and oxygen atoms in total. The van der Waals surface area contributed by atoms with E-state index in [-0.39, 0.29) is 6.03 Å². The van der Waals surface area contributed by atoms with Crippen LogP contribution in [0.1, 0.15) is 38.2 Å². The zero-order valence-electron chi connectivity index (χ0n) is 12.3. The second kappa shape index (κ2) is 7.29. The van der Waals surface area contributed by atoms with Crippen LogP contribution >= 0.6 is 0 Å². The van der Waals surface area contributed by atoms with Crippen LogP contribution in [0.3, 0.4) is 0 Å². The quantitative estimate of drug-likeness (QED) is 0.883. The first-order valence-electron chi connectivity index (χ1n) is 7.33. The summed E-state index contributed by atoms with van der Waals surface area (Å²) in [6.07, 6.45) is 4.63. The van der Waals surface area contributed by atoms with Gasteiger partial charge in [0.05, 0.1) is 6.61 Å². The predicted octanol–water partition coefficient (Wildman–Crippen LogP) is 3.53. The summed E-state index contributed by atoms with van der Waals surface area (Å²) < 4.78 is 5.14. The molecule has 0 aliphatic heterocycles. The van der Waals surface area contributed by atoms with Gasteiger partial charge in [-0.05, 0) is 24.8 Å². The fraction of sp³-hybridized carbons (Fsp3) is 0.562. The van der Waals surface area contributed by atoms with Crippen molar-refractivity contribution in [3.05, 3.63) is 29.8 Å². The molecule has 2 N–H and O–H groups in total. The van der Waals surface area contributed by atoms with E-state index in [2.05, 4.69) is 17.6 Å². The third kappa shape index (κ3) is 4.23. The number of hydrogen-bond acceptors (Lipinski definition) is 2. The zero-order chi connectivity index (χ0) is 14.4. The molecule has 0 bridgehead atoms. The van der Waals surface area contributed by atoms with Crippen LogP contribution in [0.4, 0.5) is 10.5 Å². The van der Waals surface area contributed by atoms with Crippen LogP contribution in [0, 0.1) is 5.92 Å². The van der Waals surface area contributed by atoms with E-state index in [0.717, 1.165) is 24.1 Å². The molecule has 1 aliphatic carbocycles. The molecule has 2 atom stereocenters. The minimum absolute atomic E-state index is 0.118. The molecule has 1 aliphatic rings. The van der Waals surface area contributed by atoms with Gasteiger partial charge in [0, 0.05) is 24.4 Å². The molecular formula is C16H24N2O2. The van der Waals surface area contributed by atoms with E-state index in [1.54, 1.807) is 7.11 Å². The smallest absolute Gasteiger partial charge is 0.319 e. The Bertz CT molecular complexity index is 448. The van der Waals surface area contributed by atoms with E-state index < -0.39 is 0 Å². The largest absolute Gasteiger partial charge is 0.380 e. The number of ether oxygens (including phenoxy) is 1. The molecule has 0 radical (unpaired) electrons. The number of carbonyl (C=O) groups is 1. The van der Waals surface area contributed by atoms with Gasteiger partial charge >= 0.3 is 6.03 Å². The number of amides is 2. The summed E-state index contributed by atoms with van der Waals surface area (Å²) in [4.78, 5) is 12.1. The standard InChI is InChI=1S/C16H24N2O2/c1-12-6-5-8-14(10-12)17-16(19)18-15-9-4-3-7-13(15)11-20-2/h3-4,7,9,12,14H,5-6,8,10-11H2,1-2H3,(H2,17,18,19)/t12-,14-/m0/s1. The monoisotopic (exact) mass is 276 g/mol. The number of anilines is 1. The van der Waals surface area contributed by atoms with Gasteiger partial charge in [-0.1, -0.05) is 38.0 Å². The van der Waals surface area contributed by atoms with Gasteiger partial charge in [0.15, 0.2) is 0 Å². The van der Waals surface area contributed by atoms with E-state index in [1.165, 1.54) is 12.8 Å². The molecule has 20 heavy (non-hydrogen) atoms. The molecule has 0 saturated heterocycles. The number of carbonyl (C=O) groups excluding carboxylic acids is 1. The van der Waals surface area contributed by atoms with Gasteiger partial charge in [-0.3, -0.25) is 0 Å². The maximum atomic E-state index is 12.1. The van der Waals surface area contributed by atoms with E-state index in [4.69, 9.17) is 4.74 Å². The van der Waals surface area contributed by atoms with Crippen LogP contribution in [-0.4, -0.2) is 19.2 Å². The summed E-state index contributed by atoms with van der Waals surface area (Å²) in [5.74, 6) is 0.704. The molecule has 4 heteroatoms. The lowest BCUT2D eigenvalue weighted by molar-refractivity contribution is 0.185. The summed E-state index contributed by atoms with van der Waals surface area (Å²) in [6, 6.07) is 7.90. The maximum absolute atomic E-state index is 12.1. The molecule has 1 saturated carbocycles. The number of nitrogens with one attached hydrogen (secondary N) is 2. The lowest BCUT2D eigenvalue weighted by Crippen LogP contribution is -2.40. The minimum Gasteiger partial charge on any atom is -0.380 e. The first kappa shape index (κ1) is 14.9. The Kier molecular flexibility index (Phi) is 5.41. The average molecular weight is 276 g/mol. The van der Waals surface area contributed by atoms with Gasteiger partial charge in [0.2, 0.25) is 0 Å². The van der Waals surface area contributed by atoms with Gasteiger partial charge < -0.3 is 15.4 Å². The Labute approximate surface area is 120 Å². The van der Waals surface area contributed by atoms with Crippen molar-refractivity contribution in [3.8, 4) is 0 Å². The molecule has 110 valence electrons. The summed E-state index contributed by atoms with van der Waals surface area (Å²) >= 11 is 0. The van der Waals surface area contributed by atoms with Gasteiger partial charge in [0.1, 0.15) is 0 Å². The highest BCUT2D eigenvalue weighted by Gasteiger charge is 2.20. The Morgan fingerprint density at radius 2 is 2.15 bits per heavy atom. The molecule has 1 fully saturated rings. The third-order valence-corrected chi connectivity index (χ3v) is 3.84. The van der Waals surface area contributed by atoms with E-state index >= 15 is 0 Å². The Morgan fingerprint density at radius 1 is 1.35 bits per heavy atom. The van der Waals surface area contributed by atoms with Crippen molar-refractivity contribution in [1.82, 2.24) is 5.32 Å². The fourth-order valence-corrected chi connectivity index (χ4v) is 2.83. The topological polar surface area (TPSA) is 50.4 Å². The van der Waals surface area contributed by atoms with Crippen molar-refractivity contribution >= 4 is 11.7 Å². The van der Waals surface area contributed by atoms with Crippen LogP contribution in [0.25, 0.3) is 0 Å². The van der Waals surface area contributed by atoms with Crippen LogP contribution in [0.5, 0.6) is 0 Å². The first-order valence-corrected chi connectivity index (χ1v) is 7.33. The van der Waals surface area contributed by atoms with Gasteiger partial charge in [-0.15, -0.1) is 0 Å². The van der Waals surface area contributed by atoms with Crippen molar-refractivity contribution < 1.29 is 9.53 Å². The lowest BCUT2D eigenvalue weighted by Gasteiger charge is -2.27. The second-order valence-corrected chi connectivity index (χ2v) is 5.66. The molecule has 0 spiro atoms. The highest BCUT2D eigenvalue weighted by atomic mass is 16.5. The summed E-state index contributed by atoms with van der Waals surface area (Å²) in [5.41, 5.74) is 1.80. The molecule has 1 aromatic rings. The van der Waals surface area contributed by atoms with Crippen LogP contribution in [-0.2, 0) is 11.3 Å².